The average Bonchev–Trinajstić information content (AvgIpc) is 2.72. The molecule has 0 saturated carbocycles. The first kappa shape index (κ1) is 14.3. The third kappa shape index (κ3) is 3.68. The molecule has 0 radical (unpaired) electrons. The van der Waals surface area contributed by atoms with E-state index in [1.54, 1.807) is 0 Å². The zero-order valence-electron chi connectivity index (χ0n) is 9.67. The number of hydrogen-bond acceptors (Lipinski definition) is 5. The van der Waals surface area contributed by atoms with Gasteiger partial charge < -0.3 is 15.2 Å². The van der Waals surface area contributed by atoms with Crippen LogP contribution in [0.4, 0.5) is 19.0 Å². The van der Waals surface area contributed by atoms with Gasteiger partial charge in [-0.15, -0.1) is 0 Å². The Morgan fingerprint density at radius 1 is 1.47 bits per heavy atom. The van der Waals surface area contributed by atoms with Gasteiger partial charge in [0.2, 0.25) is 5.82 Å². The minimum absolute atomic E-state index is 0.0254. The lowest BCUT2D eigenvalue weighted by Crippen LogP contribution is -2.37. The maximum Gasteiger partial charge on any atom is 0.451 e. The summed E-state index contributed by atoms with van der Waals surface area (Å²) in [5.41, 5.74) is -1.10. The number of hydrogen-bond donors (Lipinski definition) is 2. The molecule has 2 N–H and O–H groups in total. The molecular formula is C10H11ClF3N3O2. The van der Waals surface area contributed by atoms with E-state index < -0.39 is 17.6 Å². The van der Waals surface area contributed by atoms with E-state index in [9.17, 15) is 18.3 Å². The first-order chi connectivity index (χ1) is 8.78. The average molecular weight is 298 g/mol. The summed E-state index contributed by atoms with van der Waals surface area (Å²) in [5, 5.41) is 12.3. The fourth-order valence-corrected chi connectivity index (χ4v) is 1.81. The van der Waals surface area contributed by atoms with Crippen molar-refractivity contribution in [3.63, 3.8) is 0 Å². The van der Waals surface area contributed by atoms with E-state index in [0.717, 1.165) is 6.07 Å². The Morgan fingerprint density at radius 2 is 2.21 bits per heavy atom. The summed E-state index contributed by atoms with van der Waals surface area (Å²) in [5.74, 6) is -1.41. The lowest BCUT2D eigenvalue weighted by atomic mass is 10.0. The van der Waals surface area contributed by atoms with Gasteiger partial charge in [0.25, 0.3) is 0 Å². The number of nitrogens with one attached hydrogen (secondary N) is 1. The number of alkyl halides is 3. The van der Waals surface area contributed by atoms with Gasteiger partial charge in [-0.1, -0.05) is 11.6 Å². The van der Waals surface area contributed by atoms with Gasteiger partial charge in [0.05, 0.1) is 6.61 Å². The second-order valence-electron chi connectivity index (χ2n) is 4.28. The fraction of sp³-hybridized carbons (Fsp3) is 0.600. The molecule has 9 heteroatoms. The van der Waals surface area contributed by atoms with Gasteiger partial charge in [-0.05, 0) is 0 Å². The molecule has 1 aliphatic heterocycles. The summed E-state index contributed by atoms with van der Waals surface area (Å²) in [7, 11) is 0. The van der Waals surface area contributed by atoms with E-state index in [4.69, 9.17) is 16.3 Å². The summed E-state index contributed by atoms with van der Waals surface area (Å²) < 4.78 is 42.5. The summed E-state index contributed by atoms with van der Waals surface area (Å²) in [6, 6.07) is 1.16. The van der Waals surface area contributed by atoms with Crippen molar-refractivity contribution in [3.8, 4) is 0 Å². The molecular weight excluding hydrogens is 287 g/mol. The Kier molecular flexibility index (Phi) is 3.84. The zero-order chi connectivity index (χ0) is 14.1. The van der Waals surface area contributed by atoms with Crippen molar-refractivity contribution >= 4 is 17.4 Å². The van der Waals surface area contributed by atoms with Crippen LogP contribution in [0.1, 0.15) is 12.2 Å². The van der Waals surface area contributed by atoms with Crippen LogP contribution in [-0.4, -0.2) is 40.4 Å². The van der Waals surface area contributed by atoms with Crippen LogP contribution in [0.25, 0.3) is 0 Å². The Hall–Kier alpha value is -1.12. The molecule has 5 nitrogen and oxygen atoms in total. The quantitative estimate of drug-likeness (QED) is 0.832. The molecule has 1 fully saturated rings. The third-order valence-electron chi connectivity index (χ3n) is 2.63. The van der Waals surface area contributed by atoms with Crippen LogP contribution in [0.15, 0.2) is 6.07 Å². The molecule has 0 spiro atoms. The van der Waals surface area contributed by atoms with Crippen LogP contribution < -0.4 is 5.32 Å². The van der Waals surface area contributed by atoms with Gasteiger partial charge >= 0.3 is 6.18 Å². The van der Waals surface area contributed by atoms with Gasteiger partial charge in [-0.2, -0.15) is 13.2 Å². The van der Waals surface area contributed by atoms with Crippen LogP contribution in [-0.2, 0) is 10.9 Å². The fourth-order valence-electron chi connectivity index (χ4n) is 1.63. The number of ether oxygens (including phenoxy) is 1. The van der Waals surface area contributed by atoms with Crippen molar-refractivity contribution in [1.29, 1.82) is 0 Å². The Labute approximate surface area is 111 Å². The highest BCUT2D eigenvalue weighted by molar-refractivity contribution is 6.29. The molecule has 0 amide bonds. The Balaban J connectivity index is 2.10. The minimum Gasteiger partial charge on any atom is -0.386 e. The zero-order valence-corrected chi connectivity index (χ0v) is 10.4. The minimum atomic E-state index is -4.67. The molecule has 1 aromatic heterocycles. The number of aliphatic hydroxyl groups is 1. The third-order valence-corrected chi connectivity index (χ3v) is 2.82. The molecule has 1 atom stereocenters. The predicted molar refractivity (Wildman–Crippen MR) is 60.9 cm³/mol. The van der Waals surface area contributed by atoms with Crippen molar-refractivity contribution in [2.75, 3.05) is 25.1 Å². The van der Waals surface area contributed by atoms with Crippen LogP contribution in [0.2, 0.25) is 5.15 Å². The second kappa shape index (κ2) is 5.10. The second-order valence-corrected chi connectivity index (χ2v) is 4.67. The molecule has 1 aromatic rings. The van der Waals surface area contributed by atoms with Crippen molar-refractivity contribution in [1.82, 2.24) is 9.97 Å². The van der Waals surface area contributed by atoms with E-state index in [0.29, 0.717) is 13.0 Å². The summed E-state index contributed by atoms with van der Waals surface area (Å²) in [4.78, 5) is 6.42. The highest BCUT2D eigenvalue weighted by Gasteiger charge is 2.36. The summed E-state index contributed by atoms with van der Waals surface area (Å²) in [6.45, 7) is 0.569. The van der Waals surface area contributed by atoms with Crippen LogP contribution in [0, 0.1) is 0 Å². The highest BCUT2D eigenvalue weighted by Crippen LogP contribution is 2.28. The van der Waals surface area contributed by atoms with E-state index in [1.165, 1.54) is 0 Å². The molecule has 1 unspecified atom stereocenters. The number of rotatable bonds is 3. The number of aromatic nitrogens is 2. The number of anilines is 1. The molecule has 2 heterocycles. The number of halogens is 4. The van der Waals surface area contributed by atoms with Crippen LogP contribution in [0.5, 0.6) is 0 Å². The van der Waals surface area contributed by atoms with Crippen LogP contribution in [0.3, 0.4) is 0 Å². The summed E-state index contributed by atoms with van der Waals surface area (Å²) >= 11 is 5.51. The molecule has 0 aromatic carbocycles. The van der Waals surface area contributed by atoms with Gasteiger partial charge in [0.1, 0.15) is 16.6 Å². The lowest BCUT2D eigenvalue weighted by Gasteiger charge is -2.21. The Bertz CT molecular complexity index is 464. The molecule has 2 rings (SSSR count). The number of nitrogens with zero attached hydrogens (tertiary/aromatic N) is 2. The maximum atomic E-state index is 12.5. The highest BCUT2D eigenvalue weighted by atomic mass is 35.5. The molecule has 19 heavy (non-hydrogen) atoms. The van der Waals surface area contributed by atoms with Crippen molar-refractivity contribution < 1.29 is 23.0 Å². The van der Waals surface area contributed by atoms with Gasteiger partial charge in [-0.3, -0.25) is 0 Å². The van der Waals surface area contributed by atoms with E-state index in [1.807, 2.05) is 0 Å². The smallest absolute Gasteiger partial charge is 0.386 e. The first-order valence-corrected chi connectivity index (χ1v) is 5.82. The van der Waals surface area contributed by atoms with E-state index >= 15 is 0 Å². The lowest BCUT2D eigenvalue weighted by molar-refractivity contribution is -0.144. The Morgan fingerprint density at radius 3 is 2.79 bits per heavy atom. The maximum absolute atomic E-state index is 12.5. The first-order valence-electron chi connectivity index (χ1n) is 5.44. The van der Waals surface area contributed by atoms with Crippen molar-refractivity contribution in [2.45, 2.75) is 18.2 Å². The molecule has 0 bridgehead atoms. The largest absolute Gasteiger partial charge is 0.451 e. The molecule has 1 aliphatic rings. The van der Waals surface area contributed by atoms with Gasteiger partial charge in [0, 0.05) is 25.6 Å². The molecule has 0 aliphatic carbocycles. The van der Waals surface area contributed by atoms with Crippen molar-refractivity contribution in [2.24, 2.45) is 0 Å². The predicted octanol–water partition coefficient (Wildman–Crippen LogP) is 1.71. The molecule has 106 valence electrons. The van der Waals surface area contributed by atoms with Crippen LogP contribution >= 0.6 is 11.6 Å². The topological polar surface area (TPSA) is 67.3 Å². The van der Waals surface area contributed by atoms with E-state index in [2.05, 4.69) is 15.3 Å². The monoisotopic (exact) mass is 297 g/mol. The van der Waals surface area contributed by atoms with Crippen molar-refractivity contribution in [3.05, 3.63) is 17.0 Å². The normalized spacial score (nSPS) is 23.6. The summed E-state index contributed by atoms with van der Waals surface area (Å²) in [6.07, 6.45) is -4.26. The van der Waals surface area contributed by atoms with Gasteiger partial charge in [0.15, 0.2) is 0 Å². The molecule has 1 saturated heterocycles. The van der Waals surface area contributed by atoms with Gasteiger partial charge in [-0.25, -0.2) is 9.97 Å². The van der Waals surface area contributed by atoms with E-state index in [-0.39, 0.29) is 24.1 Å². The standard InChI is InChI=1S/C10H11ClF3N3O2/c11-6-3-7(17-8(16-6)10(12,13)14)15-4-9(18)1-2-19-5-9/h3,18H,1-2,4-5H2,(H,15,16,17). The SMILES string of the molecule is OC1(CNc2cc(Cl)nc(C(F)(F)F)n2)CCOC1.